The maximum absolute atomic E-state index is 13.2. The molecule has 1 aromatic carbocycles. The van der Waals surface area contributed by atoms with Gasteiger partial charge in [-0.05, 0) is 23.7 Å². The Bertz CT molecular complexity index is 1350. The number of aromatic amines is 2. The summed E-state index contributed by atoms with van der Waals surface area (Å²) < 4.78 is 173. The van der Waals surface area contributed by atoms with E-state index < -0.39 is 53.1 Å². The molecule has 3 aromatic rings. The Morgan fingerprint density at radius 1 is 0.775 bits per heavy atom. The number of fused-ring (bicyclic) bond motifs is 1. The Hall–Kier alpha value is -3.65. The Labute approximate surface area is 214 Å². The highest BCUT2D eigenvalue weighted by molar-refractivity contribution is 6.65. The van der Waals surface area contributed by atoms with Crippen molar-refractivity contribution < 1.29 is 75.8 Å². The minimum absolute atomic E-state index is 0.0138. The van der Waals surface area contributed by atoms with Crippen molar-refractivity contribution in [1.82, 2.24) is 20.2 Å². The fourth-order valence-electron chi connectivity index (χ4n) is 2.32. The lowest BCUT2D eigenvalue weighted by molar-refractivity contribution is -0.346. The van der Waals surface area contributed by atoms with E-state index in [9.17, 15) is 71.1 Å². The lowest BCUT2D eigenvalue weighted by Crippen LogP contribution is -2.57. The third-order valence-electron chi connectivity index (χ3n) is 4.40. The van der Waals surface area contributed by atoms with Gasteiger partial charge in [0.25, 0.3) is 5.24 Å². The Morgan fingerprint density at radius 2 is 1.27 bits per heavy atom. The van der Waals surface area contributed by atoms with Crippen molar-refractivity contribution in [1.29, 1.82) is 0 Å². The van der Waals surface area contributed by atoms with E-state index in [0.717, 1.165) is 6.07 Å². The standard InChI is InChI=1S/C14H7F7N4O2.C4ClF7O/c15-12(16,13(17,18)14(19,20)21)11(26)27-9-5-8(24-25-9)10-22-6-3-1-2-4-7(6)23-10;5-1(13)2(6,7)3(8,9)4(10,11)12/h1-5H,(H,22,23)(H,24,25);. The smallest absolute Gasteiger partial charge is 0.401 e. The predicted octanol–water partition coefficient (Wildman–Crippen LogP) is 6.28. The van der Waals surface area contributed by atoms with E-state index in [4.69, 9.17) is 0 Å². The van der Waals surface area contributed by atoms with E-state index in [-0.39, 0.29) is 11.5 Å². The van der Waals surface area contributed by atoms with Crippen molar-refractivity contribution in [3.8, 4) is 17.4 Å². The first kappa shape index (κ1) is 32.6. The minimum atomic E-state index is -6.65. The summed E-state index contributed by atoms with van der Waals surface area (Å²) in [4.78, 5) is 27.7. The molecule has 40 heavy (non-hydrogen) atoms. The molecule has 0 amide bonds. The summed E-state index contributed by atoms with van der Waals surface area (Å²) in [5.74, 6) is -29.1. The number of alkyl halides is 14. The zero-order chi connectivity index (χ0) is 31.1. The zero-order valence-corrected chi connectivity index (χ0v) is 18.9. The lowest BCUT2D eigenvalue weighted by atomic mass is 10.1. The van der Waals surface area contributed by atoms with Crippen LogP contribution in [0.3, 0.4) is 0 Å². The van der Waals surface area contributed by atoms with Crippen LogP contribution in [-0.2, 0) is 9.59 Å². The van der Waals surface area contributed by atoms with Crippen LogP contribution in [0.1, 0.15) is 0 Å². The third-order valence-corrected chi connectivity index (χ3v) is 4.64. The number of nitrogens with zero attached hydrogens (tertiary/aromatic N) is 2. The topological polar surface area (TPSA) is 101 Å². The summed E-state index contributed by atoms with van der Waals surface area (Å²) in [5.41, 5.74) is 1.13. The molecule has 0 aliphatic rings. The zero-order valence-electron chi connectivity index (χ0n) is 18.2. The molecule has 0 saturated carbocycles. The Morgan fingerprint density at radius 3 is 1.73 bits per heavy atom. The molecule has 0 aliphatic carbocycles. The molecule has 222 valence electrons. The summed E-state index contributed by atoms with van der Waals surface area (Å²) in [6.07, 6.45) is -13.2. The highest BCUT2D eigenvalue weighted by Gasteiger charge is 2.77. The van der Waals surface area contributed by atoms with Crippen LogP contribution in [0.5, 0.6) is 5.88 Å². The number of carbonyl (C=O) groups is 2. The van der Waals surface area contributed by atoms with Crippen LogP contribution < -0.4 is 4.74 Å². The molecule has 0 saturated heterocycles. The van der Waals surface area contributed by atoms with Crippen molar-refractivity contribution in [3.63, 3.8) is 0 Å². The fourth-order valence-corrected chi connectivity index (χ4v) is 2.44. The highest BCUT2D eigenvalue weighted by Crippen LogP contribution is 2.48. The van der Waals surface area contributed by atoms with Crippen LogP contribution in [0.2, 0.25) is 0 Å². The number of rotatable bonds is 6. The molecule has 0 radical (unpaired) electrons. The fraction of sp³-hybridized carbons (Fsp3) is 0.333. The first-order valence-corrected chi connectivity index (χ1v) is 9.83. The summed E-state index contributed by atoms with van der Waals surface area (Å²) in [7, 11) is 0. The number of aromatic nitrogens is 4. The van der Waals surface area contributed by atoms with Gasteiger partial charge in [-0.15, -0.1) is 5.10 Å². The maximum Gasteiger partial charge on any atom is 0.460 e. The summed E-state index contributed by atoms with van der Waals surface area (Å²) >= 11 is 3.89. The molecule has 0 bridgehead atoms. The average molecular weight is 629 g/mol. The van der Waals surface area contributed by atoms with Gasteiger partial charge in [-0.1, -0.05) is 12.1 Å². The Kier molecular flexibility index (Phi) is 8.46. The second-order valence-electron chi connectivity index (χ2n) is 7.18. The monoisotopic (exact) mass is 628 g/mol. The van der Waals surface area contributed by atoms with Gasteiger partial charge in [0, 0.05) is 6.07 Å². The van der Waals surface area contributed by atoms with Crippen LogP contribution in [0.25, 0.3) is 22.6 Å². The first-order chi connectivity index (χ1) is 17.9. The van der Waals surface area contributed by atoms with Gasteiger partial charge in [-0.25, -0.2) is 9.78 Å². The Balaban J connectivity index is 0.000000366. The second kappa shape index (κ2) is 10.4. The SMILES string of the molecule is O=C(Cl)C(F)(F)C(F)(F)C(F)(F)F.O=C(Oc1cc(-c2nc3ccccc3[nH]2)[nH]n1)C(F)(F)C(F)(F)C(F)(F)F. The normalized spacial score (nSPS) is 13.6. The van der Waals surface area contributed by atoms with Gasteiger partial charge >= 0.3 is 42.0 Å². The number of hydrogen-bond donors (Lipinski definition) is 2. The second-order valence-corrected chi connectivity index (χ2v) is 7.52. The molecule has 2 aromatic heterocycles. The number of ether oxygens (including phenoxy) is 1. The number of halogens is 15. The van der Waals surface area contributed by atoms with Crippen LogP contribution in [0.15, 0.2) is 30.3 Å². The van der Waals surface area contributed by atoms with Gasteiger partial charge in [0.15, 0.2) is 5.82 Å². The van der Waals surface area contributed by atoms with Crippen molar-refractivity contribution in [2.24, 2.45) is 0 Å². The van der Waals surface area contributed by atoms with Gasteiger partial charge in [0.2, 0.25) is 5.88 Å². The van der Waals surface area contributed by atoms with Crippen LogP contribution >= 0.6 is 11.6 Å². The highest BCUT2D eigenvalue weighted by atomic mass is 35.5. The molecule has 7 nitrogen and oxygen atoms in total. The predicted molar refractivity (Wildman–Crippen MR) is 102 cm³/mol. The summed E-state index contributed by atoms with van der Waals surface area (Å²) in [6.45, 7) is 0. The quantitative estimate of drug-likeness (QED) is 0.190. The molecule has 0 atom stereocenters. The van der Waals surface area contributed by atoms with Crippen LogP contribution in [-0.4, -0.2) is 67.4 Å². The van der Waals surface area contributed by atoms with E-state index >= 15 is 0 Å². The van der Waals surface area contributed by atoms with Gasteiger partial charge in [-0.2, -0.15) is 61.5 Å². The van der Waals surface area contributed by atoms with Gasteiger partial charge in [0.1, 0.15) is 5.69 Å². The largest absolute Gasteiger partial charge is 0.460 e. The molecule has 0 aliphatic heterocycles. The number of hydrogen-bond acceptors (Lipinski definition) is 5. The summed E-state index contributed by atoms with van der Waals surface area (Å²) in [5, 5.41) is 2.45. The molecule has 2 N–H and O–H groups in total. The van der Waals surface area contributed by atoms with E-state index in [1.54, 1.807) is 24.3 Å². The number of carbonyl (C=O) groups excluding carboxylic acids is 2. The van der Waals surface area contributed by atoms with E-state index in [0.29, 0.717) is 11.0 Å². The molecule has 0 fully saturated rings. The first-order valence-electron chi connectivity index (χ1n) is 9.45. The number of para-hydroxylation sites is 2. The summed E-state index contributed by atoms with van der Waals surface area (Å²) in [6, 6.07) is 7.54. The number of imidazole rings is 1. The molecule has 3 rings (SSSR count). The van der Waals surface area contributed by atoms with Gasteiger partial charge in [-0.3, -0.25) is 9.89 Å². The molecule has 22 heteroatoms. The van der Waals surface area contributed by atoms with Crippen molar-refractivity contribution in [3.05, 3.63) is 30.3 Å². The molecular weight excluding hydrogens is 622 g/mol. The van der Waals surface area contributed by atoms with Crippen molar-refractivity contribution >= 4 is 33.8 Å². The molecule has 2 heterocycles. The third kappa shape index (κ3) is 5.92. The maximum atomic E-state index is 13.2. The lowest BCUT2D eigenvalue weighted by Gasteiger charge is -2.25. The number of esters is 1. The molecule has 0 spiro atoms. The minimum Gasteiger partial charge on any atom is -0.401 e. The van der Waals surface area contributed by atoms with Gasteiger partial charge in [0.05, 0.1) is 11.0 Å². The van der Waals surface area contributed by atoms with Crippen LogP contribution in [0.4, 0.5) is 61.5 Å². The number of benzene rings is 1. The van der Waals surface area contributed by atoms with Crippen molar-refractivity contribution in [2.75, 3.05) is 0 Å². The van der Waals surface area contributed by atoms with E-state index in [1.807, 2.05) is 0 Å². The van der Waals surface area contributed by atoms with Gasteiger partial charge < -0.3 is 9.72 Å². The number of H-pyrrole nitrogens is 2. The van der Waals surface area contributed by atoms with Crippen molar-refractivity contribution in [2.45, 2.75) is 36.0 Å². The van der Waals surface area contributed by atoms with Crippen LogP contribution in [0, 0.1) is 0 Å². The van der Waals surface area contributed by atoms with E-state index in [1.165, 1.54) is 0 Å². The molecular formula is C18H7ClF14N4O3. The molecule has 0 unspecified atom stereocenters. The number of nitrogens with one attached hydrogen (secondary N) is 2. The van der Waals surface area contributed by atoms with E-state index in [2.05, 4.69) is 36.5 Å². The average Bonchev–Trinajstić information content (AvgIpc) is 3.44.